The van der Waals surface area contributed by atoms with E-state index in [4.69, 9.17) is 0 Å². The zero-order valence-corrected chi connectivity index (χ0v) is 8.76. The number of nitrogens with one attached hydrogen (secondary N) is 1. The minimum Gasteiger partial charge on any atom is -0.319 e. The van der Waals surface area contributed by atoms with Gasteiger partial charge in [0.25, 0.3) is 0 Å². The average molecular weight is 182 g/mol. The molecule has 2 fully saturated rings. The maximum Gasteiger partial charge on any atom is 0.00953 e. The van der Waals surface area contributed by atoms with Gasteiger partial charge in [-0.25, -0.2) is 0 Å². The quantitative estimate of drug-likeness (QED) is 0.711. The minimum atomic E-state index is 0.922. The van der Waals surface area contributed by atoms with E-state index in [0.29, 0.717) is 0 Å². The maximum atomic E-state index is 3.29. The van der Waals surface area contributed by atoms with Crippen molar-refractivity contribution in [1.29, 1.82) is 0 Å². The van der Waals surface area contributed by atoms with Gasteiger partial charge in [0.15, 0.2) is 0 Å². The molecule has 76 valence electrons. The monoisotopic (exact) mass is 182 g/mol. The third-order valence-corrected chi connectivity index (χ3v) is 3.65. The van der Waals surface area contributed by atoms with Crippen molar-refractivity contribution in [3.8, 4) is 0 Å². The summed E-state index contributed by atoms with van der Waals surface area (Å²) < 4.78 is 0. The number of likely N-dealkylation sites (tertiary alicyclic amines) is 1. The molecule has 0 aromatic heterocycles. The van der Waals surface area contributed by atoms with Crippen LogP contribution in [0.25, 0.3) is 0 Å². The highest BCUT2D eigenvalue weighted by Crippen LogP contribution is 2.28. The standard InChI is InChI=1S/C11H22N2/c1-12-8-10-6-7-13(9-10)11-4-2-3-5-11/h10-12H,2-9H2,1H3/t10-/m1/s1. The second-order valence-corrected chi connectivity index (χ2v) is 4.65. The number of rotatable bonds is 3. The summed E-state index contributed by atoms with van der Waals surface area (Å²) in [4.78, 5) is 2.73. The molecule has 0 spiro atoms. The highest BCUT2D eigenvalue weighted by molar-refractivity contribution is 4.84. The third-order valence-electron chi connectivity index (χ3n) is 3.65. The van der Waals surface area contributed by atoms with Crippen molar-refractivity contribution in [2.24, 2.45) is 5.92 Å². The van der Waals surface area contributed by atoms with Crippen molar-refractivity contribution < 1.29 is 0 Å². The van der Waals surface area contributed by atoms with Crippen LogP contribution in [0.5, 0.6) is 0 Å². The molecule has 1 atom stereocenters. The molecule has 1 heterocycles. The fraction of sp³-hybridized carbons (Fsp3) is 1.00. The second kappa shape index (κ2) is 4.43. The summed E-state index contributed by atoms with van der Waals surface area (Å²) in [6.45, 7) is 3.92. The van der Waals surface area contributed by atoms with Crippen LogP contribution in [0, 0.1) is 5.92 Å². The predicted octanol–water partition coefficient (Wildman–Crippen LogP) is 1.47. The lowest BCUT2D eigenvalue weighted by Gasteiger charge is -2.23. The first-order valence-corrected chi connectivity index (χ1v) is 5.79. The Balaban J connectivity index is 1.76. The van der Waals surface area contributed by atoms with E-state index in [9.17, 15) is 0 Å². The van der Waals surface area contributed by atoms with Gasteiger partial charge in [-0.2, -0.15) is 0 Å². The summed E-state index contributed by atoms with van der Waals surface area (Å²) in [5, 5.41) is 3.29. The van der Waals surface area contributed by atoms with E-state index in [1.807, 2.05) is 0 Å². The van der Waals surface area contributed by atoms with Crippen molar-refractivity contribution in [2.75, 3.05) is 26.7 Å². The molecule has 1 saturated heterocycles. The minimum absolute atomic E-state index is 0.922. The number of nitrogens with zero attached hydrogens (tertiary/aromatic N) is 1. The zero-order chi connectivity index (χ0) is 9.10. The molecule has 13 heavy (non-hydrogen) atoms. The Kier molecular flexibility index (Phi) is 3.23. The van der Waals surface area contributed by atoms with Crippen molar-refractivity contribution in [1.82, 2.24) is 10.2 Å². The van der Waals surface area contributed by atoms with Gasteiger partial charge < -0.3 is 10.2 Å². The molecule has 0 unspecified atom stereocenters. The van der Waals surface area contributed by atoms with E-state index in [0.717, 1.165) is 12.0 Å². The summed E-state index contributed by atoms with van der Waals surface area (Å²) in [6, 6.07) is 0.946. The summed E-state index contributed by atoms with van der Waals surface area (Å²) in [7, 11) is 2.07. The fourth-order valence-corrected chi connectivity index (χ4v) is 2.92. The Hall–Kier alpha value is -0.0800. The van der Waals surface area contributed by atoms with Crippen molar-refractivity contribution in [3.05, 3.63) is 0 Å². The smallest absolute Gasteiger partial charge is 0.00953 e. The molecule has 0 radical (unpaired) electrons. The Bertz CT molecular complexity index is 152. The Morgan fingerprint density at radius 1 is 1.23 bits per heavy atom. The van der Waals surface area contributed by atoms with Crippen LogP contribution in [0.2, 0.25) is 0 Å². The van der Waals surface area contributed by atoms with Gasteiger partial charge in [-0.3, -0.25) is 0 Å². The molecule has 1 saturated carbocycles. The van der Waals surface area contributed by atoms with Crippen LogP contribution < -0.4 is 5.32 Å². The van der Waals surface area contributed by atoms with E-state index in [1.165, 1.54) is 51.7 Å². The zero-order valence-electron chi connectivity index (χ0n) is 8.76. The van der Waals surface area contributed by atoms with Crippen LogP contribution in [-0.2, 0) is 0 Å². The van der Waals surface area contributed by atoms with E-state index < -0.39 is 0 Å². The lowest BCUT2D eigenvalue weighted by atomic mass is 10.1. The molecule has 2 heteroatoms. The molecular weight excluding hydrogens is 160 g/mol. The Labute approximate surface area is 81.7 Å². The van der Waals surface area contributed by atoms with Crippen molar-refractivity contribution >= 4 is 0 Å². The lowest BCUT2D eigenvalue weighted by Crippen LogP contribution is -2.32. The van der Waals surface area contributed by atoms with Crippen LogP contribution in [0.3, 0.4) is 0 Å². The van der Waals surface area contributed by atoms with E-state index >= 15 is 0 Å². The first-order chi connectivity index (χ1) is 6.40. The Morgan fingerprint density at radius 2 is 2.00 bits per heavy atom. The maximum absolute atomic E-state index is 3.29. The van der Waals surface area contributed by atoms with Gasteiger partial charge >= 0.3 is 0 Å². The molecule has 0 amide bonds. The van der Waals surface area contributed by atoms with Crippen molar-refractivity contribution in [2.45, 2.75) is 38.1 Å². The molecule has 1 N–H and O–H groups in total. The van der Waals surface area contributed by atoms with Crippen LogP contribution in [-0.4, -0.2) is 37.6 Å². The molecule has 2 nitrogen and oxygen atoms in total. The SMILES string of the molecule is CNC[C@H]1CCN(C2CCCC2)C1. The van der Waals surface area contributed by atoms with E-state index in [-0.39, 0.29) is 0 Å². The van der Waals surface area contributed by atoms with Gasteiger partial charge in [0.05, 0.1) is 0 Å². The van der Waals surface area contributed by atoms with Gasteiger partial charge in [0, 0.05) is 12.6 Å². The molecule has 0 aromatic carbocycles. The number of hydrogen-bond acceptors (Lipinski definition) is 2. The first-order valence-electron chi connectivity index (χ1n) is 5.79. The predicted molar refractivity (Wildman–Crippen MR) is 55.9 cm³/mol. The largest absolute Gasteiger partial charge is 0.319 e. The summed E-state index contributed by atoms with van der Waals surface area (Å²) in [5.41, 5.74) is 0. The molecule has 2 rings (SSSR count). The van der Waals surface area contributed by atoms with Gasteiger partial charge in [0.2, 0.25) is 0 Å². The fourth-order valence-electron chi connectivity index (χ4n) is 2.92. The molecule has 0 bridgehead atoms. The summed E-state index contributed by atoms with van der Waals surface area (Å²) >= 11 is 0. The normalized spacial score (nSPS) is 31.6. The van der Waals surface area contributed by atoms with E-state index in [2.05, 4.69) is 17.3 Å². The van der Waals surface area contributed by atoms with Crippen LogP contribution >= 0.6 is 0 Å². The lowest BCUT2D eigenvalue weighted by molar-refractivity contribution is 0.237. The highest BCUT2D eigenvalue weighted by atomic mass is 15.2. The van der Waals surface area contributed by atoms with E-state index in [1.54, 1.807) is 0 Å². The summed E-state index contributed by atoms with van der Waals surface area (Å²) in [5.74, 6) is 0.922. The van der Waals surface area contributed by atoms with Crippen LogP contribution in [0.4, 0.5) is 0 Å². The highest BCUT2D eigenvalue weighted by Gasteiger charge is 2.29. The first kappa shape index (κ1) is 9.47. The van der Waals surface area contributed by atoms with Gasteiger partial charge in [0.1, 0.15) is 0 Å². The molecular formula is C11H22N2. The molecule has 1 aliphatic carbocycles. The molecule has 2 aliphatic rings. The molecule has 1 aliphatic heterocycles. The van der Waals surface area contributed by atoms with Gasteiger partial charge in [-0.05, 0) is 45.3 Å². The molecule has 0 aromatic rings. The average Bonchev–Trinajstić information content (AvgIpc) is 2.70. The summed E-state index contributed by atoms with van der Waals surface area (Å²) in [6.07, 6.45) is 7.28. The van der Waals surface area contributed by atoms with Gasteiger partial charge in [-0.1, -0.05) is 12.8 Å². The van der Waals surface area contributed by atoms with Gasteiger partial charge in [-0.15, -0.1) is 0 Å². The van der Waals surface area contributed by atoms with Crippen molar-refractivity contribution in [3.63, 3.8) is 0 Å². The third kappa shape index (κ3) is 2.23. The second-order valence-electron chi connectivity index (χ2n) is 4.65. The number of hydrogen-bond donors (Lipinski definition) is 1. The Morgan fingerprint density at radius 3 is 2.69 bits per heavy atom. The topological polar surface area (TPSA) is 15.3 Å². The van der Waals surface area contributed by atoms with Crippen LogP contribution in [0.1, 0.15) is 32.1 Å². The van der Waals surface area contributed by atoms with Crippen LogP contribution in [0.15, 0.2) is 0 Å².